The molecule has 228 valence electrons. The number of pyridine rings is 1. The van der Waals surface area contributed by atoms with Gasteiger partial charge in [0.2, 0.25) is 0 Å². The summed E-state index contributed by atoms with van der Waals surface area (Å²) in [5.74, 6) is -4.02. The van der Waals surface area contributed by atoms with E-state index in [-0.39, 0.29) is 29.3 Å². The number of amides is 1. The number of halogens is 7. The summed E-state index contributed by atoms with van der Waals surface area (Å²) in [4.78, 5) is 37.6. The Kier molecular flexibility index (Phi) is 10.3. The molecule has 10 nitrogen and oxygen atoms in total. The number of carboxylic acids is 1. The zero-order chi connectivity index (χ0) is 31.2. The van der Waals surface area contributed by atoms with Crippen LogP contribution in [0.2, 0.25) is 0 Å². The molecule has 0 radical (unpaired) electrons. The van der Waals surface area contributed by atoms with Gasteiger partial charge in [-0.25, -0.2) is 37.3 Å². The lowest BCUT2D eigenvalue weighted by Crippen LogP contribution is -2.39. The van der Waals surface area contributed by atoms with Crippen molar-refractivity contribution in [1.29, 1.82) is 0 Å². The molecule has 1 saturated heterocycles. The second-order valence-corrected chi connectivity index (χ2v) is 9.11. The van der Waals surface area contributed by atoms with Crippen molar-refractivity contribution in [2.75, 3.05) is 43.9 Å². The Morgan fingerprint density at radius 2 is 1.76 bits per heavy atom. The van der Waals surface area contributed by atoms with Gasteiger partial charge < -0.3 is 25.0 Å². The topological polar surface area (TPSA) is 121 Å². The molecule has 3 aromatic rings. The summed E-state index contributed by atoms with van der Waals surface area (Å²) < 4.78 is 90.3. The van der Waals surface area contributed by atoms with Gasteiger partial charge >= 0.3 is 12.1 Å². The first-order valence-electron chi connectivity index (χ1n) is 12.2. The summed E-state index contributed by atoms with van der Waals surface area (Å²) in [6.45, 7) is 0.272. The van der Waals surface area contributed by atoms with E-state index < -0.39 is 36.8 Å². The van der Waals surface area contributed by atoms with Crippen LogP contribution in [-0.4, -0.2) is 89.3 Å². The van der Waals surface area contributed by atoms with Crippen molar-refractivity contribution >= 4 is 34.5 Å². The molecule has 1 aromatic carbocycles. The van der Waals surface area contributed by atoms with E-state index >= 15 is 0 Å². The van der Waals surface area contributed by atoms with Crippen molar-refractivity contribution in [2.24, 2.45) is 0 Å². The van der Waals surface area contributed by atoms with Crippen LogP contribution in [0.15, 0.2) is 30.5 Å². The van der Waals surface area contributed by atoms with Crippen molar-refractivity contribution in [3.8, 4) is 5.75 Å². The van der Waals surface area contributed by atoms with E-state index in [2.05, 4.69) is 20.3 Å². The van der Waals surface area contributed by atoms with Gasteiger partial charge in [0, 0.05) is 46.1 Å². The van der Waals surface area contributed by atoms with Gasteiger partial charge in [0.25, 0.3) is 12.3 Å². The molecule has 1 fully saturated rings. The number of carbonyl (C=O) groups is 2. The average Bonchev–Trinajstić information content (AvgIpc) is 2.92. The molecule has 0 spiro atoms. The van der Waals surface area contributed by atoms with E-state index in [1.165, 1.54) is 23.2 Å². The molecule has 0 aliphatic carbocycles. The molecule has 1 aliphatic heterocycles. The summed E-state index contributed by atoms with van der Waals surface area (Å²) >= 11 is 0. The molecule has 1 aliphatic rings. The van der Waals surface area contributed by atoms with Gasteiger partial charge in [0.1, 0.15) is 23.1 Å². The zero-order valence-electron chi connectivity index (χ0n) is 22.1. The van der Waals surface area contributed by atoms with Gasteiger partial charge in [-0.3, -0.25) is 4.79 Å². The highest BCUT2D eigenvalue weighted by atomic mass is 19.4. The maximum Gasteiger partial charge on any atom is 0.490 e. The van der Waals surface area contributed by atoms with Crippen LogP contribution < -0.4 is 15.0 Å². The predicted octanol–water partition coefficient (Wildman–Crippen LogP) is 4.36. The third kappa shape index (κ3) is 8.53. The summed E-state index contributed by atoms with van der Waals surface area (Å²) in [5.41, 5.74) is 0.913. The average molecular weight is 606 g/mol. The van der Waals surface area contributed by atoms with Gasteiger partial charge in [0.15, 0.2) is 23.2 Å². The number of rotatable bonds is 7. The monoisotopic (exact) mass is 606 g/mol. The van der Waals surface area contributed by atoms with Gasteiger partial charge in [-0.1, -0.05) is 0 Å². The van der Waals surface area contributed by atoms with E-state index in [0.29, 0.717) is 42.8 Å². The third-order valence-corrected chi connectivity index (χ3v) is 5.75. The maximum absolute atomic E-state index is 13.9. The van der Waals surface area contributed by atoms with Crippen LogP contribution >= 0.6 is 0 Å². The van der Waals surface area contributed by atoms with E-state index in [1.54, 1.807) is 14.1 Å². The molecular weight excluding hydrogens is 581 g/mol. The van der Waals surface area contributed by atoms with Crippen molar-refractivity contribution in [1.82, 2.24) is 19.9 Å². The number of aromatic nitrogens is 3. The second kappa shape index (κ2) is 13.5. The van der Waals surface area contributed by atoms with Gasteiger partial charge in [-0.2, -0.15) is 13.2 Å². The molecule has 0 atom stereocenters. The predicted molar refractivity (Wildman–Crippen MR) is 136 cm³/mol. The SMILES string of the molecule is CN(C)C(=O)c1cc2nc(NCC(F)F)c(N3CCC(Oc4ccc(F)cc4F)CC3)nc2cn1.O=C(O)C(F)(F)F. The number of anilines is 2. The van der Waals surface area contributed by atoms with Crippen molar-refractivity contribution < 1.29 is 50.2 Å². The first-order chi connectivity index (χ1) is 19.6. The zero-order valence-corrected chi connectivity index (χ0v) is 22.1. The number of hydrogen-bond acceptors (Lipinski definition) is 8. The van der Waals surface area contributed by atoms with Crippen LogP contribution in [0.5, 0.6) is 5.75 Å². The Morgan fingerprint density at radius 1 is 1.12 bits per heavy atom. The summed E-state index contributed by atoms with van der Waals surface area (Å²) in [5, 5.41) is 9.77. The lowest BCUT2D eigenvalue weighted by Gasteiger charge is -2.33. The molecule has 17 heteroatoms. The summed E-state index contributed by atoms with van der Waals surface area (Å²) in [6.07, 6.45) is -5.57. The highest BCUT2D eigenvalue weighted by Crippen LogP contribution is 2.30. The minimum Gasteiger partial charge on any atom is -0.487 e. The number of nitrogens with zero attached hydrogens (tertiary/aromatic N) is 5. The number of aliphatic carboxylic acids is 1. The normalized spacial score (nSPS) is 13.9. The number of benzene rings is 1. The minimum atomic E-state index is -5.08. The largest absolute Gasteiger partial charge is 0.490 e. The third-order valence-electron chi connectivity index (χ3n) is 5.75. The van der Waals surface area contributed by atoms with E-state index in [4.69, 9.17) is 14.6 Å². The van der Waals surface area contributed by atoms with E-state index in [9.17, 15) is 35.5 Å². The number of fused-ring (bicyclic) bond motifs is 1. The van der Waals surface area contributed by atoms with Crippen molar-refractivity contribution in [3.05, 3.63) is 47.8 Å². The van der Waals surface area contributed by atoms with Crippen LogP contribution in [0.4, 0.5) is 42.4 Å². The lowest BCUT2D eigenvalue weighted by molar-refractivity contribution is -0.192. The van der Waals surface area contributed by atoms with Gasteiger partial charge in [-0.15, -0.1) is 0 Å². The molecule has 0 unspecified atom stereocenters. The van der Waals surface area contributed by atoms with Crippen LogP contribution in [0.1, 0.15) is 23.3 Å². The Bertz CT molecular complexity index is 1420. The van der Waals surface area contributed by atoms with E-state index in [0.717, 1.165) is 12.1 Å². The number of carboxylic acid groups (broad SMARTS) is 1. The molecule has 2 N–H and O–H groups in total. The van der Waals surface area contributed by atoms with Gasteiger partial charge in [0.05, 0.1) is 18.3 Å². The Hall–Kier alpha value is -4.44. The van der Waals surface area contributed by atoms with E-state index in [1.807, 2.05) is 4.90 Å². The quantitative estimate of drug-likeness (QED) is 0.378. The van der Waals surface area contributed by atoms with Crippen LogP contribution in [0.3, 0.4) is 0 Å². The van der Waals surface area contributed by atoms with Crippen LogP contribution in [0, 0.1) is 11.6 Å². The molecule has 42 heavy (non-hydrogen) atoms. The Labute approximate surface area is 234 Å². The van der Waals surface area contributed by atoms with Crippen LogP contribution in [-0.2, 0) is 4.79 Å². The molecule has 0 saturated carbocycles. The standard InChI is InChI=1S/C23H24F4N6O2.C2HF3O2/c1-32(2)23(34)17-10-16-18(11-28-17)31-22(21(30-16)29-12-20(26)27)33-7-5-14(6-8-33)35-19-4-3-13(24)9-15(19)25;3-2(4,5)1(6)7/h3-4,9-11,14,20H,5-8,12H2,1-2H3,(H,29,30);(H,6,7). The fourth-order valence-electron chi connectivity index (χ4n) is 3.75. The number of ether oxygens (including phenoxy) is 1. The van der Waals surface area contributed by atoms with Crippen molar-refractivity contribution in [3.63, 3.8) is 0 Å². The fourth-order valence-corrected chi connectivity index (χ4v) is 3.75. The highest BCUT2D eigenvalue weighted by molar-refractivity contribution is 5.95. The first kappa shape index (κ1) is 32.1. The summed E-state index contributed by atoms with van der Waals surface area (Å²) in [6, 6.07) is 4.62. The maximum atomic E-state index is 13.9. The lowest BCUT2D eigenvalue weighted by atomic mass is 10.1. The number of carbonyl (C=O) groups excluding carboxylic acids is 1. The summed E-state index contributed by atoms with van der Waals surface area (Å²) in [7, 11) is 3.19. The first-order valence-corrected chi connectivity index (χ1v) is 12.2. The molecule has 0 bridgehead atoms. The number of hydrogen-bond donors (Lipinski definition) is 2. The minimum absolute atomic E-state index is 0.0243. The van der Waals surface area contributed by atoms with Gasteiger partial charge in [-0.05, 0) is 18.2 Å². The number of piperidine rings is 1. The second-order valence-electron chi connectivity index (χ2n) is 9.11. The number of alkyl halides is 5. The number of nitrogens with one attached hydrogen (secondary N) is 1. The van der Waals surface area contributed by atoms with Crippen LogP contribution in [0.25, 0.3) is 11.0 Å². The highest BCUT2D eigenvalue weighted by Gasteiger charge is 2.38. The molecule has 1 amide bonds. The smallest absolute Gasteiger partial charge is 0.487 e. The van der Waals surface area contributed by atoms with Crippen molar-refractivity contribution in [2.45, 2.75) is 31.5 Å². The Morgan fingerprint density at radius 3 is 2.31 bits per heavy atom. The molecule has 4 rings (SSSR count). The Balaban J connectivity index is 0.000000616. The molecule has 2 aromatic heterocycles. The fraction of sp³-hybridized carbons (Fsp3) is 0.400. The molecular formula is C25H25F7N6O4. The molecule has 3 heterocycles.